The fourth-order valence-corrected chi connectivity index (χ4v) is 2.27. The zero-order valence-electron chi connectivity index (χ0n) is 9.25. The maximum absolute atomic E-state index is 6.05. The fraction of sp³-hybridized carbons (Fsp3) is 0.455. The van der Waals surface area contributed by atoms with Crippen molar-refractivity contribution in [3.8, 4) is 11.4 Å². The number of aromatic amines is 2. The van der Waals surface area contributed by atoms with E-state index >= 15 is 0 Å². The van der Waals surface area contributed by atoms with Crippen molar-refractivity contribution in [2.24, 2.45) is 5.73 Å². The second kappa shape index (κ2) is 3.45. The van der Waals surface area contributed by atoms with E-state index in [0.29, 0.717) is 0 Å². The third-order valence-corrected chi connectivity index (χ3v) is 3.19. The highest BCUT2D eigenvalue weighted by molar-refractivity contribution is 5.57. The molecule has 1 aliphatic rings. The molecule has 16 heavy (non-hydrogen) atoms. The molecule has 0 saturated carbocycles. The summed E-state index contributed by atoms with van der Waals surface area (Å²) in [6, 6.07) is 0.0842. The van der Waals surface area contributed by atoms with E-state index in [9.17, 15) is 0 Å². The van der Waals surface area contributed by atoms with E-state index in [4.69, 9.17) is 5.73 Å². The Morgan fingerprint density at radius 1 is 1.50 bits per heavy atom. The summed E-state index contributed by atoms with van der Waals surface area (Å²) in [5.74, 6) is 0.883. The van der Waals surface area contributed by atoms with Gasteiger partial charge in [0.15, 0.2) is 0 Å². The zero-order chi connectivity index (χ0) is 11.1. The van der Waals surface area contributed by atoms with Crippen LogP contribution in [0.5, 0.6) is 0 Å². The summed E-state index contributed by atoms with van der Waals surface area (Å²) in [5.41, 5.74) is 10.3. The molecule has 4 N–H and O–H groups in total. The summed E-state index contributed by atoms with van der Waals surface area (Å²) in [4.78, 5) is 7.95. The summed E-state index contributed by atoms with van der Waals surface area (Å²) < 4.78 is 0. The molecule has 1 unspecified atom stereocenters. The number of aromatic nitrogens is 4. The second-order valence-corrected chi connectivity index (χ2v) is 4.36. The number of fused-ring (bicyclic) bond motifs is 1. The van der Waals surface area contributed by atoms with Gasteiger partial charge in [-0.1, -0.05) is 0 Å². The van der Waals surface area contributed by atoms with Gasteiger partial charge in [-0.3, -0.25) is 5.10 Å². The minimum Gasteiger partial charge on any atom is -0.341 e. The molecule has 0 aromatic carbocycles. The van der Waals surface area contributed by atoms with Gasteiger partial charge in [0.2, 0.25) is 0 Å². The predicted octanol–water partition coefficient (Wildman–Crippen LogP) is 1.44. The summed E-state index contributed by atoms with van der Waals surface area (Å²) >= 11 is 0. The number of aryl methyl sites for hydroxylation is 2. The highest BCUT2D eigenvalue weighted by atomic mass is 15.1. The molecule has 5 nitrogen and oxygen atoms in total. The van der Waals surface area contributed by atoms with E-state index < -0.39 is 0 Å². The molecule has 0 saturated heterocycles. The van der Waals surface area contributed by atoms with Gasteiger partial charge in [0.05, 0.1) is 17.5 Å². The lowest BCUT2D eigenvalue weighted by molar-refractivity contribution is 0.555. The molecule has 1 aliphatic carbocycles. The molecule has 2 aromatic rings. The zero-order valence-corrected chi connectivity index (χ0v) is 9.25. The first-order valence-electron chi connectivity index (χ1n) is 5.60. The quantitative estimate of drug-likeness (QED) is 0.676. The van der Waals surface area contributed by atoms with Crippen LogP contribution in [0.4, 0.5) is 0 Å². The fourth-order valence-electron chi connectivity index (χ4n) is 2.27. The van der Waals surface area contributed by atoms with Gasteiger partial charge < -0.3 is 10.7 Å². The lowest BCUT2D eigenvalue weighted by Gasteiger charge is -2.15. The molecule has 0 fully saturated rings. The van der Waals surface area contributed by atoms with Gasteiger partial charge in [-0.05, 0) is 26.2 Å². The SMILES string of the molecule is Cc1[nH]ncc1-c1nc2c([nH]1)CCCC2N. The molecule has 1 atom stereocenters. The van der Waals surface area contributed by atoms with E-state index in [-0.39, 0.29) is 6.04 Å². The van der Waals surface area contributed by atoms with Crippen LogP contribution in [-0.4, -0.2) is 20.2 Å². The van der Waals surface area contributed by atoms with Crippen LogP contribution in [0.3, 0.4) is 0 Å². The third-order valence-electron chi connectivity index (χ3n) is 3.19. The Hall–Kier alpha value is -1.62. The molecule has 5 heteroatoms. The van der Waals surface area contributed by atoms with Crippen molar-refractivity contribution in [3.63, 3.8) is 0 Å². The number of rotatable bonds is 1. The monoisotopic (exact) mass is 217 g/mol. The van der Waals surface area contributed by atoms with E-state index in [1.54, 1.807) is 6.20 Å². The Kier molecular flexibility index (Phi) is 2.07. The molecule has 84 valence electrons. The third kappa shape index (κ3) is 1.36. The van der Waals surface area contributed by atoms with Gasteiger partial charge in [-0.25, -0.2) is 4.98 Å². The van der Waals surface area contributed by atoms with Gasteiger partial charge in [-0.2, -0.15) is 5.10 Å². The largest absolute Gasteiger partial charge is 0.341 e. The smallest absolute Gasteiger partial charge is 0.141 e. The Bertz CT molecular complexity index is 510. The first kappa shape index (κ1) is 9.59. The Labute approximate surface area is 93.5 Å². The molecule has 0 amide bonds. The van der Waals surface area contributed by atoms with Crippen LogP contribution < -0.4 is 5.73 Å². The molecule has 0 aliphatic heterocycles. The van der Waals surface area contributed by atoms with Crippen LogP contribution in [0.15, 0.2) is 6.20 Å². The van der Waals surface area contributed by atoms with Crippen LogP contribution in [0.2, 0.25) is 0 Å². The first-order valence-corrected chi connectivity index (χ1v) is 5.60. The average Bonchev–Trinajstić information content (AvgIpc) is 2.84. The molecule has 0 spiro atoms. The van der Waals surface area contributed by atoms with Crippen molar-refractivity contribution in [3.05, 3.63) is 23.3 Å². The molecule has 3 rings (SSSR count). The summed E-state index contributed by atoms with van der Waals surface area (Å²) in [5, 5.41) is 6.92. The van der Waals surface area contributed by atoms with Crippen molar-refractivity contribution in [1.82, 2.24) is 20.2 Å². The standard InChI is InChI=1S/C11H15N5/c1-6-7(5-13-16-6)11-14-9-4-2-3-8(12)10(9)15-11/h5,8H,2-4,12H2,1H3,(H,13,16)(H,14,15). The van der Waals surface area contributed by atoms with Crippen LogP contribution in [0, 0.1) is 6.92 Å². The molecule has 2 heterocycles. The van der Waals surface area contributed by atoms with Crippen LogP contribution >= 0.6 is 0 Å². The van der Waals surface area contributed by atoms with Gasteiger partial charge in [-0.15, -0.1) is 0 Å². The molecular weight excluding hydrogens is 202 g/mol. The molecule has 0 radical (unpaired) electrons. The van der Waals surface area contributed by atoms with Crippen molar-refractivity contribution >= 4 is 0 Å². The number of hydrogen-bond donors (Lipinski definition) is 3. The minimum absolute atomic E-state index is 0.0842. The van der Waals surface area contributed by atoms with Crippen molar-refractivity contribution in [2.45, 2.75) is 32.2 Å². The number of hydrogen-bond acceptors (Lipinski definition) is 3. The van der Waals surface area contributed by atoms with Gasteiger partial charge in [0.1, 0.15) is 5.82 Å². The van der Waals surface area contributed by atoms with Crippen LogP contribution in [0.1, 0.15) is 36.0 Å². The van der Waals surface area contributed by atoms with E-state index in [2.05, 4.69) is 20.2 Å². The van der Waals surface area contributed by atoms with E-state index in [1.165, 1.54) is 5.69 Å². The number of H-pyrrole nitrogens is 2. The Balaban J connectivity index is 2.08. The number of nitrogens with two attached hydrogens (primary N) is 1. The lowest BCUT2D eigenvalue weighted by atomic mass is 9.97. The Morgan fingerprint density at radius 3 is 3.06 bits per heavy atom. The topological polar surface area (TPSA) is 83.4 Å². The maximum atomic E-state index is 6.05. The summed E-state index contributed by atoms with van der Waals surface area (Å²) in [6.45, 7) is 1.99. The van der Waals surface area contributed by atoms with Crippen molar-refractivity contribution < 1.29 is 0 Å². The van der Waals surface area contributed by atoms with Gasteiger partial charge in [0, 0.05) is 17.4 Å². The van der Waals surface area contributed by atoms with Crippen LogP contribution in [0.25, 0.3) is 11.4 Å². The number of imidazole rings is 1. The van der Waals surface area contributed by atoms with Crippen LogP contribution in [-0.2, 0) is 6.42 Å². The number of nitrogens with one attached hydrogen (secondary N) is 2. The highest BCUT2D eigenvalue weighted by Crippen LogP contribution is 2.29. The summed E-state index contributed by atoms with van der Waals surface area (Å²) in [6.07, 6.45) is 5.01. The summed E-state index contributed by atoms with van der Waals surface area (Å²) in [7, 11) is 0. The predicted molar refractivity (Wildman–Crippen MR) is 60.8 cm³/mol. The normalized spacial score (nSPS) is 19.8. The molecule has 2 aromatic heterocycles. The second-order valence-electron chi connectivity index (χ2n) is 4.36. The maximum Gasteiger partial charge on any atom is 0.141 e. The Morgan fingerprint density at radius 2 is 2.38 bits per heavy atom. The van der Waals surface area contributed by atoms with Gasteiger partial charge >= 0.3 is 0 Å². The first-order chi connectivity index (χ1) is 7.75. The van der Waals surface area contributed by atoms with Gasteiger partial charge in [0.25, 0.3) is 0 Å². The van der Waals surface area contributed by atoms with E-state index in [0.717, 1.165) is 42.0 Å². The minimum atomic E-state index is 0.0842. The highest BCUT2D eigenvalue weighted by Gasteiger charge is 2.22. The molecular formula is C11H15N5. The van der Waals surface area contributed by atoms with E-state index in [1.807, 2.05) is 6.92 Å². The molecule has 0 bridgehead atoms. The number of nitrogens with zero attached hydrogens (tertiary/aromatic N) is 2. The van der Waals surface area contributed by atoms with Crippen molar-refractivity contribution in [2.75, 3.05) is 0 Å². The van der Waals surface area contributed by atoms with Crippen molar-refractivity contribution in [1.29, 1.82) is 0 Å². The average molecular weight is 217 g/mol. The lowest BCUT2D eigenvalue weighted by Crippen LogP contribution is -2.17.